The predicted molar refractivity (Wildman–Crippen MR) is 82.2 cm³/mol. The summed E-state index contributed by atoms with van der Waals surface area (Å²) in [5.41, 5.74) is 0.652. The maximum Gasteiger partial charge on any atom is 0.107 e. The van der Waals surface area contributed by atoms with Crippen LogP contribution in [0.15, 0.2) is 5.38 Å². The Balaban J connectivity index is 1.91. The molecule has 0 radical (unpaired) electrons. The SMILES string of the molecule is CN(Cc1nc(C(C)(C)C)cs1)CC1(O)CCOCC1. The first-order valence-electron chi connectivity index (χ1n) is 7.22. The molecule has 20 heavy (non-hydrogen) atoms. The fraction of sp³-hybridized carbons (Fsp3) is 0.800. The highest BCUT2D eigenvalue weighted by Crippen LogP contribution is 2.25. The van der Waals surface area contributed by atoms with Gasteiger partial charge in [0.25, 0.3) is 0 Å². The number of nitrogens with zero attached hydrogens (tertiary/aromatic N) is 2. The van der Waals surface area contributed by atoms with Crippen LogP contribution in [0.5, 0.6) is 0 Å². The summed E-state index contributed by atoms with van der Waals surface area (Å²) in [5, 5.41) is 13.8. The zero-order chi connectivity index (χ0) is 14.8. The molecule has 0 bridgehead atoms. The minimum atomic E-state index is -0.600. The van der Waals surface area contributed by atoms with Gasteiger partial charge in [-0.15, -0.1) is 11.3 Å². The monoisotopic (exact) mass is 298 g/mol. The molecule has 2 heterocycles. The fourth-order valence-corrected chi connectivity index (χ4v) is 3.53. The molecule has 1 fully saturated rings. The number of aromatic nitrogens is 1. The Morgan fingerprint density at radius 1 is 1.40 bits per heavy atom. The minimum absolute atomic E-state index is 0.103. The lowest BCUT2D eigenvalue weighted by molar-refractivity contribution is -0.0777. The van der Waals surface area contributed by atoms with Crippen molar-refractivity contribution in [3.05, 3.63) is 16.1 Å². The molecule has 1 aliphatic rings. The first-order chi connectivity index (χ1) is 9.28. The van der Waals surface area contributed by atoms with E-state index in [1.165, 1.54) is 0 Å². The van der Waals surface area contributed by atoms with Crippen molar-refractivity contribution in [2.24, 2.45) is 0 Å². The number of ether oxygens (including phenoxy) is 1. The Morgan fingerprint density at radius 2 is 2.05 bits per heavy atom. The van der Waals surface area contributed by atoms with E-state index in [1.54, 1.807) is 11.3 Å². The van der Waals surface area contributed by atoms with Gasteiger partial charge in [-0.05, 0) is 7.05 Å². The van der Waals surface area contributed by atoms with Gasteiger partial charge in [-0.2, -0.15) is 0 Å². The maximum atomic E-state index is 10.5. The second kappa shape index (κ2) is 6.10. The van der Waals surface area contributed by atoms with Crippen LogP contribution in [0.4, 0.5) is 0 Å². The van der Waals surface area contributed by atoms with Crippen LogP contribution in [0, 0.1) is 0 Å². The summed E-state index contributed by atoms with van der Waals surface area (Å²) in [6.45, 7) is 9.34. The van der Waals surface area contributed by atoms with Crippen LogP contribution in [0.1, 0.15) is 44.3 Å². The van der Waals surface area contributed by atoms with Gasteiger partial charge in [-0.3, -0.25) is 4.90 Å². The summed E-state index contributed by atoms with van der Waals surface area (Å²) in [6.07, 6.45) is 1.45. The molecule has 5 heteroatoms. The molecule has 0 saturated carbocycles. The van der Waals surface area contributed by atoms with Gasteiger partial charge in [-0.25, -0.2) is 4.98 Å². The van der Waals surface area contributed by atoms with E-state index in [1.807, 2.05) is 7.05 Å². The molecule has 2 rings (SSSR count). The molecule has 0 unspecified atom stereocenters. The van der Waals surface area contributed by atoms with Crippen LogP contribution in [-0.2, 0) is 16.7 Å². The largest absolute Gasteiger partial charge is 0.388 e. The minimum Gasteiger partial charge on any atom is -0.388 e. The Morgan fingerprint density at radius 3 is 2.60 bits per heavy atom. The third-order valence-corrected chi connectivity index (χ3v) is 4.55. The molecule has 1 saturated heterocycles. The number of aliphatic hydroxyl groups is 1. The summed E-state index contributed by atoms with van der Waals surface area (Å²) in [4.78, 5) is 6.87. The highest BCUT2D eigenvalue weighted by Gasteiger charge is 2.31. The number of likely N-dealkylation sites (N-methyl/N-ethyl adjacent to an activating group) is 1. The quantitative estimate of drug-likeness (QED) is 0.927. The number of hydrogen-bond donors (Lipinski definition) is 1. The molecule has 1 aromatic heterocycles. The third kappa shape index (κ3) is 4.25. The molecule has 0 aliphatic carbocycles. The lowest BCUT2D eigenvalue weighted by Crippen LogP contribution is -2.45. The van der Waals surface area contributed by atoms with E-state index >= 15 is 0 Å². The Labute approximate surface area is 125 Å². The summed E-state index contributed by atoms with van der Waals surface area (Å²) >= 11 is 1.71. The van der Waals surface area contributed by atoms with Gasteiger partial charge in [-0.1, -0.05) is 20.8 Å². The molecule has 114 valence electrons. The fourth-order valence-electron chi connectivity index (χ4n) is 2.43. The van der Waals surface area contributed by atoms with Crippen molar-refractivity contribution in [1.29, 1.82) is 0 Å². The number of thiazole rings is 1. The van der Waals surface area contributed by atoms with Gasteiger partial charge in [0.15, 0.2) is 0 Å². The second-order valence-corrected chi connectivity index (χ2v) is 7.83. The highest BCUT2D eigenvalue weighted by molar-refractivity contribution is 7.09. The lowest BCUT2D eigenvalue weighted by Gasteiger charge is -2.35. The maximum absolute atomic E-state index is 10.5. The highest BCUT2D eigenvalue weighted by atomic mass is 32.1. The molecule has 0 atom stereocenters. The topological polar surface area (TPSA) is 45.6 Å². The van der Waals surface area contributed by atoms with E-state index in [0.717, 1.165) is 30.1 Å². The van der Waals surface area contributed by atoms with Crippen molar-refractivity contribution in [1.82, 2.24) is 9.88 Å². The van der Waals surface area contributed by atoms with E-state index < -0.39 is 5.60 Å². The number of rotatable bonds is 4. The van der Waals surface area contributed by atoms with E-state index in [2.05, 4.69) is 31.1 Å². The zero-order valence-electron chi connectivity index (χ0n) is 13.0. The smallest absolute Gasteiger partial charge is 0.107 e. The van der Waals surface area contributed by atoms with Gasteiger partial charge < -0.3 is 9.84 Å². The Kier molecular flexibility index (Phi) is 4.84. The van der Waals surface area contributed by atoms with Crippen molar-refractivity contribution in [2.75, 3.05) is 26.8 Å². The van der Waals surface area contributed by atoms with Gasteiger partial charge in [0, 0.05) is 43.4 Å². The van der Waals surface area contributed by atoms with Crippen LogP contribution < -0.4 is 0 Å². The number of hydrogen-bond acceptors (Lipinski definition) is 5. The van der Waals surface area contributed by atoms with Gasteiger partial charge in [0.2, 0.25) is 0 Å². The van der Waals surface area contributed by atoms with Crippen molar-refractivity contribution < 1.29 is 9.84 Å². The molecular weight excluding hydrogens is 272 g/mol. The van der Waals surface area contributed by atoms with Gasteiger partial charge in [0.05, 0.1) is 17.8 Å². The van der Waals surface area contributed by atoms with Crippen LogP contribution in [0.25, 0.3) is 0 Å². The van der Waals surface area contributed by atoms with Crippen LogP contribution in [0.2, 0.25) is 0 Å². The molecule has 1 N–H and O–H groups in total. The van der Waals surface area contributed by atoms with E-state index in [0.29, 0.717) is 19.8 Å². The summed E-state index contributed by atoms with van der Waals surface area (Å²) in [6, 6.07) is 0. The first kappa shape index (κ1) is 15.9. The molecular formula is C15H26N2O2S. The Hall–Kier alpha value is -0.490. The average Bonchev–Trinajstić information content (AvgIpc) is 2.77. The molecule has 0 amide bonds. The Bertz CT molecular complexity index is 433. The predicted octanol–water partition coefficient (Wildman–Crippen LogP) is 2.41. The van der Waals surface area contributed by atoms with Crippen molar-refractivity contribution in [3.8, 4) is 0 Å². The molecule has 0 spiro atoms. The van der Waals surface area contributed by atoms with E-state index in [9.17, 15) is 5.11 Å². The van der Waals surface area contributed by atoms with Crippen molar-refractivity contribution in [2.45, 2.75) is 51.2 Å². The average molecular weight is 298 g/mol. The van der Waals surface area contributed by atoms with Crippen LogP contribution in [0.3, 0.4) is 0 Å². The van der Waals surface area contributed by atoms with E-state index in [4.69, 9.17) is 9.72 Å². The van der Waals surface area contributed by atoms with Crippen molar-refractivity contribution >= 4 is 11.3 Å². The van der Waals surface area contributed by atoms with Crippen molar-refractivity contribution in [3.63, 3.8) is 0 Å². The molecule has 1 aromatic rings. The lowest BCUT2D eigenvalue weighted by atomic mass is 9.93. The first-order valence-corrected chi connectivity index (χ1v) is 8.10. The summed E-state index contributed by atoms with van der Waals surface area (Å²) in [7, 11) is 2.05. The van der Waals surface area contributed by atoms with E-state index in [-0.39, 0.29) is 5.41 Å². The second-order valence-electron chi connectivity index (χ2n) is 6.89. The standard InChI is InChI=1S/C15H26N2O2S/c1-14(2,3)12-10-20-13(16-12)9-17(4)11-15(18)5-7-19-8-6-15/h10,18H,5-9,11H2,1-4H3. The zero-order valence-corrected chi connectivity index (χ0v) is 13.8. The third-order valence-electron chi connectivity index (χ3n) is 3.71. The summed E-state index contributed by atoms with van der Waals surface area (Å²) in [5.74, 6) is 0. The molecule has 1 aliphatic heterocycles. The summed E-state index contributed by atoms with van der Waals surface area (Å²) < 4.78 is 5.32. The van der Waals surface area contributed by atoms with Crippen LogP contribution in [-0.4, -0.2) is 47.4 Å². The molecule has 4 nitrogen and oxygen atoms in total. The normalized spacial score (nSPS) is 19.5. The van der Waals surface area contributed by atoms with Crippen LogP contribution >= 0.6 is 11.3 Å². The van der Waals surface area contributed by atoms with Gasteiger partial charge >= 0.3 is 0 Å². The van der Waals surface area contributed by atoms with Gasteiger partial charge in [0.1, 0.15) is 5.01 Å². The molecule has 0 aromatic carbocycles.